The minimum absolute atomic E-state index is 0.0514. The van der Waals surface area contributed by atoms with Crippen LogP contribution in [0.5, 0.6) is 5.75 Å². The Balaban J connectivity index is 2.64. The second-order valence-corrected chi connectivity index (χ2v) is 5.34. The van der Waals surface area contributed by atoms with Crippen LogP contribution in [0.25, 0.3) is 0 Å². The highest BCUT2D eigenvalue weighted by atomic mass is 127. The Kier molecular flexibility index (Phi) is 2.96. The van der Waals surface area contributed by atoms with Gasteiger partial charge in [-0.25, -0.2) is 9.18 Å². The third-order valence-corrected chi connectivity index (χ3v) is 4.06. The zero-order valence-electron chi connectivity index (χ0n) is 9.62. The van der Waals surface area contributed by atoms with Crippen LogP contribution in [0.1, 0.15) is 12.5 Å². The smallest absolute Gasteiger partial charge is 0.325 e. The molecule has 1 aliphatic rings. The second kappa shape index (κ2) is 4.08. The third-order valence-electron chi connectivity index (χ3n) is 3.20. The summed E-state index contributed by atoms with van der Waals surface area (Å²) in [5.41, 5.74) is -1.36. The molecule has 3 amide bonds. The number of hydrogen-bond acceptors (Lipinski definition) is 3. The first-order valence-corrected chi connectivity index (χ1v) is 6.14. The predicted octanol–water partition coefficient (Wildman–Crippen LogP) is 1.53. The molecule has 1 fully saturated rings. The molecule has 96 valence electrons. The Morgan fingerprint density at radius 2 is 2.06 bits per heavy atom. The Bertz CT molecular complexity index is 563. The first-order valence-electron chi connectivity index (χ1n) is 5.06. The molecule has 1 heterocycles. The minimum Gasteiger partial charge on any atom is -0.507 e. The molecule has 1 aliphatic heterocycles. The van der Waals surface area contributed by atoms with E-state index in [0.29, 0.717) is 3.57 Å². The highest BCUT2D eigenvalue weighted by Crippen LogP contribution is 2.36. The number of benzene rings is 1. The molecule has 5 nitrogen and oxygen atoms in total. The minimum atomic E-state index is -1.41. The van der Waals surface area contributed by atoms with E-state index in [1.54, 1.807) is 0 Å². The van der Waals surface area contributed by atoms with Crippen LogP contribution in [0, 0.1) is 9.39 Å². The number of phenolic OH excluding ortho intramolecular Hbond substituents is 1. The van der Waals surface area contributed by atoms with Crippen molar-refractivity contribution in [2.75, 3.05) is 7.05 Å². The lowest BCUT2D eigenvalue weighted by Gasteiger charge is -2.29. The van der Waals surface area contributed by atoms with Crippen LogP contribution < -0.4 is 5.32 Å². The summed E-state index contributed by atoms with van der Waals surface area (Å²) < 4.78 is 14.3. The monoisotopic (exact) mass is 364 g/mol. The second-order valence-electron chi connectivity index (χ2n) is 4.17. The SMILES string of the molecule is CN1C(=O)NC(=O)C1(C)c1cc(I)c(O)cc1F. The van der Waals surface area contributed by atoms with Gasteiger partial charge in [-0.3, -0.25) is 10.1 Å². The average Bonchev–Trinajstić information content (AvgIpc) is 2.49. The first kappa shape index (κ1) is 13.1. The van der Waals surface area contributed by atoms with E-state index < -0.39 is 23.3 Å². The van der Waals surface area contributed by atoms with Crippen molar-refractivity contribution in [3.63, 3.8) is 0 Å². The number of amides is 3. The van der Waals surface area contributed by atoms with Gasteiger partial charge < -0.3 is 10.0 Å². The normalized spacial score (nSPS) is 23.4. The first-order chi connectivity index (χ1) is 8.28. The summed E-state index contributed by atoms with van der Waals surface area (Å²) in [7, 11) is 1.42. The Labute approximate surface area is 116 Å². The van der Waals surface area contributed by atoms with Gasteiger partial charge in [-0.15, -0.1) is 0 Å². The van der Waals surface area contributed by atoms with Gasteiger partial charge in [0.1, 0.15) is 17.1 Å². The van der Waals surface area contributed by atoms with Crippen molar-refractivity contribution in [3.8, 4) is 5.75 Å². The molecular weight excluding hydrogens is 354 g/mol. The molecular formula is C11H10FIN2O3. The van der Waals surface area contributed by atoms with E-state index in [0.717, 1.165) is 11.0 Å². The molecule has 1 unspecified atom stereocenters. The van der Waals surface area contributed by atoms with Gasteiger partial charge in [-0.2, -0.15) is 0 Å². The fourth-order valence-corrected chi connectivity index (χ4v) is 2.34. The number of aromatic hydroxyl groups is 1. The van der Waals surface area contributed by atoms with Gasteiger partial charge in [-0.1, -0.05) is 0 Å². The van der Waals surface area contributed by atoms with Crippen LogP contribution in [-0.2, 0) is 10.3 Å². The number of nitrogens with zero attached hydrogens (tertiary/aromatic N) is 1. The number of likely N-dealkylation sites (N-methyl/N-ethyl adjacent to an activating group) is 1. The number of nitrogens with one attached hydrogen (secondary N) is 1. The molecule has 0 aromatic heterocycles. The maximum atomic E-state index is 13.9. The van der Waals surface area contributed by atoms with Crippen molar-refractivity contribution in [1.29, 1.82) is 0 Å². The van der Waals surface area contributed by atoms with E-state index in [9.17, 15) is 19.1 Å². The summed E-state index contributed by atoms with van der Waals surface area (Å²) >= 11 is 1.83. The lowest BCUT2D eigenvalue weighted by molar-refractivity contribution is -0.126. The fraction of sp³-hybridized carbons (Fsp3) is 0.273. The molecule has 0 radical (unpaired) electrons. The van der Waals surface area contributed by atoms with Gasteiger partial charge in [0.25, 0.3) is 5.91 Å². The number of urea groups is 1. The summed E-state index contributed by atoms with van der Waals surface area (Å²) in [6, 6.07) is 1.72. The van der Waals surface area contributed by atoms with Gasteiger partial charge in [0.15, 0.2) is 0 Å². The van der Waals surface area contributed by atoms with Crippen LogP contribution in [0.4, 0.5) is 9.18 Å². The van der Waals surface area contributed by atoms with Crippen LogP contribution in [0.3, 0.4) is 0 Å². The Hall–Kier alpha value is -1.38. The van der Waals surface area contributed by atoms with Crippen molar-refractivity contribution >= 4 is 34.5 Å². The van der Waals surface area contributed by atoms with Gasteiger partial charge in [0.2, 0.25) is 0 Å². The van der Waals surface area contributed by atoms with E-state index >= 15 is 0 Å². The number of rotatable bonds is 1. The molecule has 0 aliphatic carbocycles. The lowest BCUT2D eigenvalue weighted by Crippen LogP contribution is -2.42. The maximum absolute atomic E-state index is 13.9. The maximum Gasteiger partial charge on any atom is 0.325 e. The summed E-state index contributed by atoms with van der Waals surface area (Å²) in [6.45, 7) is 1.46. The molecule has 1 aromatic carbocycles. The van der Waals surface area contributed by atoms with Gasteiger partial charge in [0.05, 0.1) is 3.57 Å². The molecule has 2 rings (SSSR count). The molecule has 1 saturated heterocycles. The molecule has 18 heavy (non-hydrogen) atoms. The molecule has 0 spiro atoms. The van der Waals surface area contributed by atoms with Crippen molar-refractivity contribution in [1.82, 2.24) is 10.2 Å². The largest absolute Gasteiger partial charge is 0.507 e. The molecule has 0 saturated carbocycles. The average molecular weight is 364 g/mol. The van der Waals surface area contributed by atoms with E-state index in [1.807, 2.05) is 22.6 Å². The molecule has 1 aromatic rings. The lowest BCUT2D eigenvalue weighted by atomic mass is 9.90. The number of carbonyl (C=O) groups excluding carboxylic acids is 2. The van der Waals surface area contributed by atoms with Crippen LogP contribution in [0.2, 0.25) is 0 Å². The molecule has 2 N–H and O–H groups in total. The molecule has 1 atom stereocenters. The Morgan fingerprint density at radius 3 is 2.56 bits per heavy atom. The van der Waals surface area contributed by atoms with Gasteiger partial charge in [0, 0.05) is 18.7 Å². The van der Waals surface area contributed by atoms with Crippen molar-refractivity contribution in [2.45, 2.75) is 12.5 Å². The number of halogens is 2. The number of carbonyl (C=O) groups is 2. The summed E-state index contributed by atoms with van der Waals surface area (Å²) in [6.07, 6.45) is 0. The third kappa shape index (κ3) is 1.64. The zero-order valence-corrected chi connectivity index (χ0v) is 11.8. The highest BCUT2D eigenvalue weighted by molar-refractivity contribution is 14.1. The Morgan fingerprint density at radius 1 is 1.44 bits per heavy atom. The van der Waals surface area contributed by atoms with E-state index in [4.69, 9.17) is 0 Å². The number of imide groups is 1. The molecule has 0 bridgehead atoms. The van der Waals surface area contributed by atoms with E-state index in [1.165, 1.54) is 20.0 Å². The summed E-state index contributed by atoms with van der Waals surface area (Å²) in [5, 5.41) is 11.5. The van der Waals surface area contributed by atoms with Crippen LogP contribution in [-0.4, -0.2) is 29.0 Å². The van der Waals surface area contributed by atoms with Gasteiger partial charge >= 0.3 is 6.03 Å². The number of phenols is 1. The van der Waals surface area contributed by atoms with Crippen molar-refractivity contribution in [2.24, 2.45) is 0 Å². The topological polar surface area (TPSA) is 69.6 Å². The molecule has 7 heteroatoms. The number of hydrogen-bond donors (Lipinski definition) is 2. The van der Waals surface area contributed by atoms with Crippen molar-refractivity contribution in [3.05, 3.63) is 27.1 Å². The summed E-state index contributed by atoms with van der Waals surface area (Å²) in [4.78, 5) is 24.5. The van der Waals surface area contributed by atoms with Crippen molar-refractivity contribution < 1.29 is 19.1 Å². The van der Waals surface area contributed by atoms with Gasteiger partial charge in [-0.05, 0) is 35.6 Å². The predicted molar refractivity (Wildman–Crippen MR) is 69.4 cm³/mol. The highest BCUT2D eigenvalue weighted by Gasteiger charge is 2.50. The standard InChI is InChI=1S/C11H10FIN2O3/c1-11(9(17)14-10(18)15(11)2)5-3-7(13)8(16)4-6(5)12/h3-4,16H,1-2H3,(H,14,17,18). The zero-order chi connectivity index (χ0) is 13.7. The van der Waals surface area contributed by atoms with Crippen LogP contribution >= 0.6 is 22.6 Å². The quantitative estimate of drug-likeness (QED) is 0.587. The fourth-order valence-electron chi connectivity index (χ4n) is 1.87. The van der Waals surface area contributed by atoms with E-state index in [2.05, 4.69) is 5.32 Å². The summed E-state index contributed by atoms with van der Waals surface area (Å²) in [5.74, 6) is -1.52. The van der Waals surface area contributed by atoms with Crippen LogP contribution in [0.15, 0.2) is 12.1 Å². The van der Waals surface area contributed by atoms with E-state index in [-0.39, 0.29) is 11.3 Å².